The van der Waals surface area contributed by atoms with Crippen molar-refractivity contribution in [1.29, 1.82) is 0 Å². The van der Waals surface area contributed by atoms with E-state index in [0.717, 1.165) is 17.1 Å². The molecule has 0 aliphatic heterocycles. The van der Waals surface area contributed by atoms with Gasteiger partial charge in [0.05, 0.1) is 12.1 Å². The Bertz CT molecular complexity index is 641. The maximum Gasteiger partial charge on any atom is 0.573 e. The fourth-order valence-corrected chi connectivity index (χ4v) is 2.31. The molecule has 0 saturated heterocycles. The highest BCUT2D eigenvalue weighted by Crippen LogP contribution is 2.24. The predicted molar refractivity (Wildman–Crippen MR) is 75.5 cm³/mol. The Balaban J connectivity index is 1.91. The van der Waals surface area contributed by atoms with Crippen molar-refractivity contribution < 1.29 is 22.7 Å². The van der Waals surface area contributed by atoms with E-state index in [2.05, 4.69) is 15.0 Å². The average molecular weight is 331 g/mol. The van der Waals surface area contributed by atoms with Gasteiger partial charge in [0.25, 0.3) is 0 Å². The summed E-state index contributed by atoms with van der Waals surface area (Å²) in [6.07, 6.45) is -4.67. The van der Waals surface area contributed by atoms with E-state index in [1.165, 1.54) is 23.5 Å². The van der Waals surface area contributed by atoms with Gasteiger partial charge in [-0.2, -0.15) is 0 Å². The van der Waals surface area contributed by atoms with Crippen LogP contribution < -0.4 is 15.8 Å². The number of nitrogens with one attached hydrogen (secondary N) is 1. The van der Waals surface area contributed by atoms with Crippen molar-refractivity contribution in [3.05, 3.63) is 40.3 Å². The monoisotopic (exact) mass is 331 g/mol. The van der Waals surface area contributed by atoms with Gasteiger partial charge in [0.15, 0.2) is 0 Å². The number of carbonyl (C=O) groups excluding carboxylic acids is 1. The number of nitrogens with two attached hydrogens (primary N) is 1. The third-order valence-corrected chi connectivity index (χ3v) is 3.41. The van der Waals surface area contributed by atoms with E-state index in [4.69, 9.17) is 5.73 Å². The van der Waals surface area contributed by atoms with Crippen molar-refractivity contribution in [1.82, 2.24) is 4.98 Å². The summed E-state index contributed by atoms with van der Waals surface area (Å²) < 4.78 is 39.8. The minimum absolute atomic E-state index is 0.0668. The molecule has 1 aromatic heterocycles. The van der Waals surface area contributed by atoms with Gasteiger partial charge < -0.3 is 15.8 Å². The number of rotatable bonds is 5. The first-order chi connectivity index (χ1) is 10.4. The molecule has 5 nitrogen and oxygen atoms in total. The molecule has 0 bridgehead atoms. The molecule has 0 aliphatic rings. The highest BCUT2D eigenvalue weighted by Gasteiger charge is 2.30. The minimum atomic E-state index is -4.74. The summed E-state index contributed by atoms with van der Waals surface area (Å²) in [5.74, 6) is -0.670. The molecule has 0 aliphatic carbocycles. The smallest absolute Gasteiger partial charge is 0.406 e. The van der Waals surface area contributed by atoms with Crippen LogP contribution in [0.3, 0.4) is 0 Å². The van der Waals surface area contributed by atoms with Gasteiger partial charge in [-0.05, 0) is 24.3 Å². The van der Waals surface area contributed by atoms with Gasteiger partial charge >= 0.3 is 6.36 Å². The lowest BCUT2D eigenvalue weighted by Gasteiger charge is -2.09. The number of nitrogens with zero attached hydrogens (tertiary/aromatic N) is 1. The standard InChI is InChI=1S/C13H12F3N3O2S/c14-13(15,16)21-10-3-1-8(2-4-10)18-11(20)5-9-7-22-12(6-17)19-9/h1-4,7H,5-6,17H2,(H,18,20). The Labute approximate surface area is 127 Å². The highest BCUT2D eigenvalue weighted by atomic mass is 32.1. The van der Waals surface area contributed by atoms with E-state index in [1.54, 1.807) is 5.38 Å². The van der Waals surface area contributed by atoms with Gasteiger partial charge in [0.2, 0.25) is 5.91 Å². The zero-order valence-corrected chi connectivity index (χ0v) is 12.0. The Kier molecular flexibility index (Phi) is 4.99. The van der Waals surface area contributed by atoms with Gasteiger partial charge in [0, 0.05) is 17.6 Å². The summed E-state index contributed by atoms with van der Waals surface area (Å²) in [6, 6.07) is 4.90. The molecule has 0 radical (unpaired) electrons. The van der Waals surface area contributed by atoms with E-state index in [9.17, 15) is 18.0 Å². The van der Waals surface area contributed by atoms with Gasteiger partial charge in [-0.25, -0.2) is 4.98 Å². The first kappa shape index (κ1) is 16.2. The maximum absolute atomic E-state index is 12.0. The van der Waals surface area contributed by atoms with E-state index < -0.39 is 6.36 Å². The number of thiazole rings is 1. The maximum atomic E-state index is 12.0. The number of halogens is 3. The normalized spacial score (nSPS) is 11.3. The van der Waals surface area contributed by atoms with Gasteiger partial charge in [-0.3, -0.25) is 4.79 Å². The average Bonchev–Trinajstić information content (AvgIpc) is 2.87. The quantitative estimate of drug-likeness (QED) is 0.883. The lowest BCUT2D eigenvalue weighted by atomic mass is 10.2. The number of carbonyl (C=O) groups is 1. The van der Waals surface area contributed by atoms with Crippen molar-refractivity contribution >= 4 is 22.9 Å². The van der Waals surface area contributed by atoms with E-state index in [0.29, 0.717) is 17.9 Å². The predicted octanol–water partition coefficient (Wildman–Crippen LogP) is 2.68. The Morgan fingerprint density at radius 3 is 2.55 bits per heavy atom. The van der Waals surface area contributed by atoms with Crippen molar-refractivity contribution in [3.63, 3.8) is 0 Å². The van der Waals surface area contributed by atoms with E-state index in [-0.39, 0.29) is 18.1 Å². The number of anilines is 1. The fraction of sp³-hybridized carbons (Fsp3) is 0.231. The Morgan fingerprint density at radius 1 is 1.32 bits per heavy atom. The molecular weight excluding hydrogens is 319 g/mol. The number of hydrogen-bond donors (Lipinski definition) is 2. The van der Waals surface area contributed by atoms with E-state index >= 15 is 0 Å². The van der Waals surface area contributed by atoms with Crippen LogP contribution in [-0.2, 0) is 17.8 Å². The molecule has 22 heavy (non-hydrogen) atoms. The van der Waals surface area contributed by atoms with Crippen LogP contribution in [-0.4, -0.2) is 17.3 Å². The van der Waals surface area contributed by atoms with Crippen molar-refractivity contribution in [3.8, 4) is 5.75 Å². The summed E-state index contributed by atoms with van der Waals surface area (Å²) in [4.78, 5) is 16.0. The minimum Gasteiger partial charge on any atom is -0.406 e. The summed E-state index contributed by atoms with van der Waals surface area (Å²) in [5, 5.41) is 5.04. The molecule has 1 aromatic carbocycles. The fourth-order valence-electron chi connectivity index (χ4n) is 1.63. The molecule has 0 fully saturated rings. The van der Waals surface area contributed by atoms with Crippen LogP contribution >= 0.6 is 11.3 Å². The highest BCUT2D eigenvalue weighted by molar-refractivity contribution is 7.09. The molecule has 0 saturated carbocycles. The molecule has 118 valence electrons. The Hall–Kier alpha value is -2.13. The number of ether oxygens (including phenoxy) is 1. The lowest BCUT2D eigenvalue weighted by molar-refractivity contribution is -0.274. The first-order valence-electron chi connectivity index (χ1n) is 6.15. The van der Waals surface area contributed by atoms with E-state index in [1.807, 2.05) is 0 Å². The molecular formula is C13H12F3N3O2S. The molecule has 2 rings (SSSR count). The molecule has 3 N–H and O–H groups in total. The van der Waals surface area contributed by atoms with Crippen LogP contribution in [0.25, 0.3) is 0 Å². The summed E-state index contributed by atoms with van der Waals surface area (Å²) in [6.45, 7) is 0.312. The molecule has 9 heteroatoms. The molecule has 0 atom stereocenters. The second-order valence-electron chi connectivity index (χ2n) is 4.23. The lowest BCUT2D eigenvalue weighted by Crippen LogP contribution is -2.17. The van der Waals surface area contributed by atoms with Crippen LogP contribution in [0.15, 0.2) is 29.6 Å². The SMILES string of the molecule is NCc1nc(CC(=O)Nc2ccc(OC(F)(F)F)cc2)cs1. The van der Waals surface area contributed by atoms with Crippen LogP contribution in [0.1, 0.15) is 10.7 Å². The second kappa shape index (κ2) is 6.75. The summed E-state index contributed by atoms with van der Waals surface area (Å²) in [7, 11) is 0. The number of hydrogen-bond acceptors (Lipinski definition) is 5. The zero-order valence-electron chi connectivity index (χ0n) is 11.2. The number of amides is 1. The third-order valence-electron chi connectivity index (χ3n) is 2.49. The molecule has 0 spiro atoms. The van der Waals surface area contributed by atoms with Crippen LogP contribution in [0, 0.1) is 0 Å². The van der Waals surface area contributed by atoms with Crippen molar-refractivity contribution in [2.45, 2.75) is 19.3 Å². The number of benzene rings is 1. The largest absolute Gasteiger partial charge is 0.573 e. The molecule has 1 heterocycles. The van der Waals surface area contributed by atoms with Gasteiger partial charge in [-0.1, -0.05) is 0 Å². The Morgan fingerprint density at radius 2 is 2.00 bits per heavy atom. The summed E-state index contributed by atoms with van der Waals surface area (Å²) >= 11 is 1.37. The van der Waals surface area contributed by atoms with Crippen LogP contribution in [0.4, 0.5) is 18.9 Å². The zero-order chi connectivity index (χ0) is 16.2. The topological polar surface area (TPSA) is 77.2 Å². The molecule has 0 unspecified atom stereocenters. The van der Waals surface area contributed by atoms with Crippen LogP contribution in [0.5, 0.6) is 5.75 Å². The first-order valence-corrected chi connectivity index (χ1v) is 7.02. The second-order valence-corrected chi connectivity index (χ2v) is 5.18. The van der Waals surface area contributed by atoms with Gasteiger partial charge in [-0.15, -0.1) is 24.5 Å². The van der Waals surface area contributed by atoms with Crippen LogP contribution in [0.2, 0.25) is 0 Å². The third kappa shape index (κ3) is 5.01. The van der Waals surface area contributed by atoms with Crippen molar-refractivity contribution in [2.24, 2.45) is 5.73 Å². The van der Waals surface area contributed by atoms with Gasteiger partial charge in [0.1, 0.15) is 10.8 Å². The summed E-state index contributed by atoms with van der Waals surface area (Å²) in [5.41, 5.74) is 6.40. The molecule has 1 amide bonds. The van der Waals surface area contributed by atoms with Crippen molar-refractivity contribution in [2.75, 3.05) is 5.32 Å². The number of alkyl halides is 3. The number of aromatic nitrogens is 1. The molecule has 2 aromatic rings.